The summed E-state index contributed by atoms with van der Waals surface area (Å²) in [4.78, 5) is 16.9. The maximum Gasteiger partial charge on any atom is 0.226 e. The van der Waals surface area contributed by atoms with Gasteiger partial charge in [0.2, 0.25) is 5.91 Å². The summed E-state index contributed by atoms with van der Waals surface area (Å²) in [7, 11) is 0. The second-order valence-corrected chi connectivity index (χ2v) is 6.53. The number of halogens is 1. The van der Waals surface area contributed by atoms with Crippen LogP contribution in [0.1, 0.15) is 31.2 Å². The Morgan fingerprint density at radius 1 is 1.13 bits per heavy atom. The molecule has 2 aliphatic rings. The number of hydrogen-bond donors (Lipinski definition) is 0. The lowest BCUT2D eigenvalue weighted by atomic mass is 9.93. The van der Waals surface area contributed by atoms with Crippen LogP contribution in [0.2, 0.25) is 0 Å². The van der Waals surface area contributed by atoms with E-state index in [1.807, 2.05) is 17.0 Å². The number of hydrogen-bond acceptors (Lipinski definition) is 2. The van der Waals surface area contributed by atoms with E-state index in [0.29, 0.717) is 12.5 Å². The maximum atomic E-state index is 13.8. The number of allylic oxidation sites excluding steroid dienone is 2. The van der Waals surface area contributed by atoms with Crippen LogP contribution in [0.15, 0.2) is 36.4 Å². The third kappa shape index (κ3) is 4.20. The topological polar surface area (TPSA) is 23.6 Å². The minimum atomic E-state index is -0.140. The zero-order chi connectivity index (χ0) is 16.1. The predicted molar refractivity (Wildman–Crippen MR) is 89.4 cm³/mol. The quantitative estimate of drug-likeness (QED) is 0.800. The van der Waals surface area contributed by atoms with Gasteiger partial charge in [0.05, 0.1) is 0 Å². The first-order chi connectivity index (χ1) is 11.2. The molecule has 0 unspecified atom stereocenters. The number of amides is 1. The van der Waals surface area contributed by atoms with Crippen molar-refractivity contribution in [2.45, 2.75) is 32.2 Å². The molecule has 0 spiro atoms. The Labute approximate surface area is 137 Å². The van der Waals surface area contributed by atoms with Crippen molar-refractivity contribution < 1.29 is 9.18 Å². The van der Waals surface area contributed by atoms with Gasteiger partial charge >= 0.3 is 0 Å². The van der Waals surface area contributed by atoms with Crippen molar-refractivity contribution in [3.05, 3.63) is 47.8 Å². The Morgan fingerprint density at radius 3 is 2.78 bits per heavy atom. The van der Waals surface area contributed by atoms with E-state index < -0.39 is 0 Å². The molecule has 1 saturated heterocycles. The fourth-order valence-electron chi connectivity index (χ4n) is 3.49. The van der Waals surface area contributed by atoms with Crippen molar-refractivity contribution in [1.29, 1.82) is 0 Å². The van der Waals surface area contributed by atoms with Crippen molar-refractivity contribution >= 4 is 5.91 Å². The molecule has 1 fully saturated rings. The molecule has 0 N–H and O–H groups in total. The number of carbonyl (C=O) groups excluding carboxylic acids is 1. The van der Waals surface area contributed by atoms with E-state index in [2.05, 4.69) is 17.1 Å². The second kappa shape index (κ2) is 7.73. The van der Waals surface area contributed by atoms with Gasteiger partial charge in [-0.3, -0.25) is 9.69 Å². The van der Waals surface area contributed by atoms with Crippen LogP contribution in [-0.2, 0) is 11.3 Å². The first-order valence-corrected chi connectivity index (χ1v) is 8.63. The fourth-order valence-corrected chi connectivity index (χ4v) is 3.49. The van der Waals surface area contributed by atoms with Gasteiger partial charge in [-0.2, -0.15) is 0 Å². The van der Waals surface area contributed by atoms with Gasteiger partial charge in [0.25, 0.3) is 0 Å². The van der Waals surface area contributed by atoms with Crippen molar-refractivity contribution in [2.24, 2.45) is 5.92 Å². The summed E-state index contributed by atoms with van der Waals surface area (Å²) in [6.07, 6.45) is 8.14. The molecule has 0 bridgehead atoms. The minimum absolute atomic E-state index is 0.140. The van der Waals surface area contributed by atoms with Crippen LogP contribution >= 0.6 is 0 Å². The predicted octanol–water partition coefficient (Wildman–Crippen LogP) is 3.22. The summed E-state index contributed by atoms with van der Waals surface area (Å²) in [6, 6.07) is 6.96. The van der Waals surface area contributed by atoms with Crippen LogP contribution < -0.4 is 0 Å². The van der Waals surface area contributed by atoms with E-state index in [9.17, 15) is 9.18 Å². The van der Waals surface area contributed by atoms with Crippen LogP contribution in [0.3, 0.4) is 0 Å². The molecule has 1 aromatic carbocycles. The molecule has 1 aliphatic carbocycles. The standard InChI is InChI=1S/C19H25FN2O/c20-18-10-5-4-9-17(18)15-21-11-6-12-22(14-13-21)19(23)16-7-2-1-3-8-16/h1-2,4-5,9-10,16H,3,6-8,11-15H2/t16-/m0/s1. The molecule has 1 heterocycles. The van der Waals surface area contributed by atoms with Gasteiger partial charge in [-0.25, -0.2) is 4.39 Å². The first-order valence-electron chi connectivity index (χ1n) is 8.63. The zero-order valence-electron chi connectivity index (χ0n) is 13.6. The molecule has 0 radical (unpaired) electrons. The van der Waals surface area contributed by atoms with Crippen molar-refractivity contribution in [2.75, 3.05) is 26.2 Å². The molecule has 1 aliphatic heterocycles. The highest BCUT2D eigenvalue weighted by Gasteiger charge is 2.26. The highest BCUT2D eigenvalue weighted by molar-refractivity contribution is 5.79. The molecular weight excluding hydrogens is 291 g/mol. The lowest BCUT2D eigenvalue weighted by molar-refractivity contribution is -0.135. The molecule has 1 amide bonds. The third-order valence-electron chi connectivity index (χ3n) is 4.87. The summed E-state index contributed by atoms with van der Waals surface area (Å²) in [6.45, 7) is 3.95. The Balaban J connectivity index is 1.55. The third-order valence-corrected chi connectivity index (χ3v) is 4.87. The van der Waals surface area contributed by atoms with E-state index in [-0.39, 0.29) is 11.7 Å². The van der Waals surface area contributed by atoms with Gasteiger partial charge < -0.3 is 4.90 Å². The zero-order valence-corrected chi connectivity index (χ0v) is 13.6. The van der Waals surface area contributed by atoms with Gasteiger partial charge in [0.1, 0.15) is 5.82 Å². The van der Waals surface area contributed by atoms with Gasteiger partial charge in [0.15, 0.2) is 0 Å². The van der Waals surface area contributed by atoms with Crippen LogP contribution in [0.5, 0.6) is 0 Å². The van der Waals surface area contributed by atoms with E-state index in [1.54, 1.807) is 6.07 Å². The number of carbonyl (C=O) groups is 1. The number of nitrogens with zero attached hydrogens (tertiary/aromatic N) is 2. The van der Waals surface area contributed by atoms with Gasteiger partial charge in [-0.05, 0) is 31.7 Å². The summed E-state index contributed by atoms with van der Waals surface area (Å²) < 4.78 is 13.8. The molecule has 1 atom stereocenters. The lowest BCUT2D eigenvalue weighted by Gasteiger charge is -2.27. The summed E-state index contributed by atoms with van der Waals surface area (Å²) in [5, 5.41) is 0. The molecule has 23 heavy (non-hydrogen) atoms. The molecule has 4 heteroatoms. The average Bonchev–Trinajstić information content (AvgIpc) is 2.83. The highest BCUT2D eigenvalue weighted by atomic mass is 19.1. The van der Waals surface area contributed by atoms with Crippen molar-refractivity contribution in [1.82, 2.24) is 9.80 Å². The van der Waals surface area contributed by atoms with Gasteiger partial charge in [-0.1, -0.05) is 30.4 Å². The molecular formula is C19H25FN2O. The van der Waals surface area contributed by atoms with Crippen LogP contribution in [0, 0.1) is 11.7 Å². The highest BCUT2D eigenvalue weighted by Crippen LogP contribution is 2.21. The van der Waals surface area contributed by atoms with Crippen LogP contribution in [-0.4, -0.2) is 41.9 Å². The minimum Gasteiger partial charge on any atom is -0.341 e. The summed E-state index contributed by atoms with van der Waals surface area (Å²) in [5.41, 5.74) is 0.740. The molecule has 0 aromatic heterocycles. The molecule has 3 rings (SSSR count). The van der Waals surface area contributed by atoms with E-state index in [1.165, 1.54) is 6.07 Å². The van der Waals surface area contributed by atoms with Crippen LogP contribution in [0.25, 0.3) is 0 Å². The Morgan fingerprint density at radius 2 is 2.00 bits per heavy atom. The normalized spacial score (nSPS) is 22.8. The smallest absolute Gasteiger partial charge is 0.226 e. The first kappa shape index (κ1) is 16.2. The average molecular weight is 316 g/mol. The summed E-state index contributed by atoms with van der Waals surface area (Å²) in [5.74, 6) is 0.332. The van der Waals surface area contributed by atoms with Crippen molar-refractivity contribution in [3.63, 3.8) is 0 Å². The van der Waals surface area contributed by atoms with Crippen molar-refractivity contribution in [3.8, 4) is 0 Å². The fraction of sp³-hybridized carbons (Fsp3) is 0.526. The van der Waals surface area contributed by atoms with Gasteiger partial charge in [-0.15, -0.1) is 0 Å². The summed E-state index contributed by atoms with van der Waals surface area (Å²) >= 11 is 0. The molecule has 124 valence electrons. The Kier molecular flexibility index (Phi) is 5.44. The van der Waals surface area contributed by atoms with E-state index in [0.717, 1.165) is 57.4 Å². The molecule has 0 saturated carbocycles. The Bertz CT molecular complexity index is 572. The second-order valence-electron chi connectivity index (χ2n) is 6.53. The SMILES string of the molecule is O=C([C@H]1CC=CCC1)N1CCCN(Cc2ccccc2F)CC1. The van der Waals surface area contributed by atoms with Crippen LogP contribution in [0.4, 0.5) is 4.39 Å². The lowest BCUT2D eigenvalue weighted by Crippen LogP contribution is -2.39. The van der Waals surface area contributed by atoms with E-state index in [4.69, 9.17) is 0 Å². The van der Waals surface area contributed by atoms with Gasteiger partial charge in [0, 0.05) is 44.2 Å². The largest absolute Gasteiger partial charge is 0.341 e. The molecule has 1 aromatic rings. The Hall–Kier alpha value is -1.68. The van der Waals surface area contributed by atoms with E-state index >= 15 is 0 Å². The number of rotatable bonds is 3. The maximum absolute atomic E-state index is 13.8. The monoisotopic (exact) mass is 316 g/mol. The number of benzene rings is 1. The molecule has 3 nitrogen and oxygen atoms in total.